The van der Waals surface area contributed by atoms with Gasteiger partial charge in [-0.1, -0.05) is 39.8 Å². The molecule has 0 saturated carbocycles. The van der Waals surface area contributed by atoms with Crippen LogP contribution in [0.25, 0.3) is 0 Å². The highest BCUT2D eigenvalue weighted by molar-refractivity contribution is 5.24. The molecule has 2 aromatic rings. The standard InChI is InChI=1S/C18H26N2O/c1-12(2)16-10-15(7-8-19-16)13(3)11-18(5,6)17-9-14(4)20-21-17/h7-10,12-13H,11H2,1-6H3. The molecule has 0 aromatic carbocycles. The molecular weight excluding hydrogens is 260 g/mol. The molecule has 0 N–H and O–H groups in total. The topological polar surface area (TPSA) is 38.9 Å². The molecule has 1 atom stereocenters. The summed E-state index contributed by atoms with van der Waals surface area (Å²) in [6, 6.07) is 6.40. The predicted molar refractivity (Wildman–Crippen MR) is 85.6 cm³/mol. The van der Waals surface area contributed by atoms with E-state index in [1.807, 2.05) is 19.2 Å². The lowest BCUT2D eigenvalue weighted by Crippen LogP contribution is -2.19. The van der Waals surface area contributed by atoms with Crippen molar-refractivity contribution in [3.05, 3.63) is 47.1 Å². The molecule has 0 saturated heterocycles. The maximum Gasteiger partial charge on any atom is 0.142 e. The summed E-state index contributed by atoms with van der Waals surface area (Å²) in [6.45, 7) is 13.0. The van der Waals surface area contributed by atoms with E-state index in [-0.39, 0.29) is 5.41 Å². The van der Waals surface area contributed by atoms with E-state index in [0.29, 0.717) is 11.8 Å². The van der Waals surface area contributed by atoms with Gasteiger partial charge >= 0.3 is 0 Å². The van der Waals surface area contributed by atoms with Gasteiger partial charge in [0, 0.05) is 23.4 Å². The van der Waals surface area contributed by atoms with Crippen molar-refractivity contribution in [2.45, 2.75) is 65.2 Å². The van der Waals surface area contributed by atoms with Crippen molar-refractivity contribution in [1.82, 2.24) is 10.1 Å². The molecule has 0 bridgehead atoms. The lowest BCUT2D eigenvalue weighted by atomic mass is 9.79. The van der Waals surface area contributed by atoms with Crippen molar-refractivity contribution in [1.29, 1.82) is 0 Å². The van der Waals surface area contributed by atoms with Crippen LogP contribution < -0.4 is 0 Å². The Labute approximate surface area is 127 Å². The summed E-state index contributed by atoms with van der Waals surface area (Å²) < 4.78 is 5.47. The van der Waals surface area contributed by atoms with E-state index < -0.39 is 0 Å². The zero-order valence-electron chi connectivity index (χ0n) is 14.0. The quantitative estimate of drug-likeness (QED) is 0.778. The fourth-order valence-electron chi connectivity index (χ4n) is 2.75. The molecule has 114 valence electrons. The van der Waals surface area contributed by atoms with Gasteiger partial charge in [-0.2, -0.15) is 0 Å². The smallest absolute Gasteiger partial charge is 0.142 e. The van der Waals surface area contributed by atoms with Crippen LogP contribution in [-0.2, 0) is 5.41 Å². The first-order valence-corrected chi connectivity index (χ1v) is 7.69. The third-order valence-electron chi connectivity index (χ3n) is 4.08. The van der Waals surface area contributed by atoms with Crippen molar-refractivity contribution < 1.29 is 4.52 Å². The van der Waals surface area contributed by atoms with Crippen molar-refractivity contribution in [3.8, 4) is 0 Å². The van der Waals surface area contributed by atoms with E-state index >= 15 is 0 Å². The molecule has 0 aliphatic heterocycles. The van der Waals surface area contributed by atoms with Gasteiger partial charge in [0.2, 0.25) is 0 Å². The van der Waals surface area contributed by atoms with E-state index in [0.717, 1.165) is 23.6 Å². The minimum absolute atomic E-state index is 0.0259. The Morgan fingerprint density at radius 1 is 1.19 bits per heavy atom. The van der Waals surface area contributed by atoms with Crippen molar-refractivity contribution in [2.75, 3.05) is 0 Å². The summed E-state index contributed by atoms with van der Waals surface area (Å²) in [4.78, 5) is 4.45. The number of hydrogen-bond donors (Lipinski definition) is 0. The number of aryl methyl sites for hydroxylation is 1. The molecule has 3 heteroatoms. The molecule has 3 nitrogen and oxygen atoms in total. The molecule has 2 aromatic heterocycles. The molecule has 21 heavy (non-hydrogen) atoms. The molecule has 0 aliphatic rings. The van der Waals surface area contributed by atoms with Crippen LogP contribution in [0.5, 0.6) is 0 Å². The van der Waals surface area contributed by atoms with E-state index in [9.17, 15) is 0 Å². The summed E-state index contributed by atoms with van der Waals surface area (Å²) in [5.41, 5.74) is 3.42. The predicted octanol–water partition coefficient (Wildman–Crippen LogP) is 4.97. The molecule has 0 aliphatic carbocycles. The Morgan fingerprint density at radius 2 is 1.90 bits per heavy atom. The van der Waals surface area contributed by atoms with Crippen molar-refractivity contribution >= 4 is 0 Å². The van der Waals surface area contributed by atoms with Crippen LogP contribution in [0.1, 0.15) is 75.6 Å². The number of hydrogen-bond acceptors (Lipinski definition) is 3. The van der Waals surface area contributed by atoms with Crippen molar-refractivity contribution in [3.63, 3.8) is 0 Å². The van der Waals surface area contributed by atoms with Gasteiger partial charge in [0.25, 0.3) is 0 Å². The van der Waals surface area contributed by atoms with Gasteiger partial charge in [0.1, 0.15) is 5.76 Å². The third kappa shape index (κ3) is 3.72. The zero-order chi connectivity index (χ0) is 15.6. The van der Waals surface area contributed by atoms with Gasteiger partial charge in [0.15, 0.2) is 0 Å². The Bertz CT molecular complexity index is 599. The lowest BCUT2D eigenvalue weighted by molar-refractivity contribution is 0.294. The van der Waals surface area contributed by atoms with E-state index in [2.05, 4.69) is 56.9 Å². The van der Waals surface area contributed by atoms with E-state index in [4.69, 9.17) is 4.52 Å². The Hall–Kier alpha value is -1.64. The fraction of sp³-hybridized carbons (Fsp3) is 0.556. The van der Waals surface area contributed by atoms with Gasteiger partial charge < -0.3 is 4.52 Å². The lowest BCUT2D eigenvalue weighted by Gasteiger charge is -2.25. The first-order valence-electron chi connectivity index (χ1n) is 7.69. The molecule has 2 rings (SSSR count). The van der Waals surface area contributed by atoms with Gasteiger partial charge in [-0.25, -0.2) is 0 Å². The second-order valence-corrected chi connectivity index (χ2v) is 6.99. The van der Waals surface area contributed by atoms with Crippen LogP contribution in [0.2, 0.25) is 0 Å². The fourth-order valence-corrected chi connectivity index (χ4v) is 2.75. The summed E-state index contributed by atoms with van der Waals surface area (Å²) in [5.74, 6) is 1.87. The Morgan fingerprint density at radius 3 is 2.48 bits per heavy atom. The summed E-state index contributed by atoms with van der Waals surface area (Å²) >= 11 is 0. The number of aromatic nitrogens is 2. The minimum Gasteiger partial charge on any atom is -0.361 e. The first-order chi connectivity index (χ1) is 9.79. The molecule has 0 amide bonds. The molecule has 2 heterocycles. The SMILES string of the molecule is Cc1cc(C(C)(C)CC(C)c2ccnc(C(C)C)c2)on1. The number of nitrogens with zero attached hydrogens (tertiary/aromatic N) is 2. The van der Waals surface area contributed by atoms with Crippen molar-refractivity contribution in [2.24, 2.45) is 0 Å². The zero-order valence-corrected chi connectivity index (χ0v) is 14.0. The molecule has 1 unspecified atom stereocenters. The normalized spacial score (nSPS) is 13.7. The van der Waals surface area contributed by atoms with Crippen LogP contribution in [0.3, 0.4) is 0 Å². The second kappa shape index (κ2) is 6.00. The molecule has 0 spiro atoms. The van der Waals surface area contributed by atoms with Crippen LogP contribution >= 0.6 is 0 Å². The number of pyridine rings is 1. The van der Waals surface area contributed by atoms with Gasteiger partial charge in [-0.3, -0.25) is 4.98 Å². The molecule has 0 fully saturated rings. The van der Waals surface area contributed by atoms with Gasteiger partial charge in [-0.15, -0.1) is 0 Å². The maximum atomic E-state index is 5.47. The van der Waals surface area contributed by atoms with Crippen LogP contribution in [0, 0.1) is 6.92 Å². The molecule has 0 radical (unpaired) electrons. The summed E-state index contributed by atoms with van der Waals surface area (Å²) in [7, 11) is 0. The van der Waals surface area contributed by atoms with Gasteiger partial charge in [-0.05, 0) is 42.9 Å². The number of rotatable bonds is 5. The van der Waals surface area contributed by atoms with Crippen LogP contribution in [-0.4, -0.2) is 10.1 Å². The average molecular weight is 286 g/mol. The summed E-state index contributed by atoms with van der Waals surface area (Å²) in [6.07, 6.45) is 2.94. The second-order valence-electron chi connectivity index (χ2n) is 6.99. The Kier molecular flexibility index (Phi) is 4.50. The largest absolute Gasteiger partial charge is 0.361 e. The van der Waals surface area contributed by atoms with E-state index in [1.165, 1.54) is 5.56 Å². The van der Waals surface area contributed by atoms with Crippen LogP contribution in [0.4, 0.5) is 0 Å². The minimum atomic E-state index is -0.0259. The Balaban J connectivity index is 2.17. The molecular formula is C18H26N2O. The summed E-state index contributed by atoms with van der Waals surface area (Å²) in [5, 5.41) is 4.02. The highest BCUT2D eigenvalue weighted by atomic mass is 16.5. The maximum absolute atomic E-state index is 5.47. The van der Waals surface area contributed by atoms with E-state index in [1.54, 1.807) is 0 Å². The third-order valence-corrected chi connectivity index (χ3v) is 4.08. The first kappa shape index (κ1) is 15.7. The highest BCUT2D eigenvalue weighted by Crippen LogP contribution is 2.35. The van der Waals surface area contributed by atoms with Gasteiger partial charge in [0.05, 0.1) is 5.69 Å². The highest BCUT2D eigenvalue weighted by Gasteiger charge is 2.28. The average Bonchev–Trinajstić information content (AvgIpc) is 2.86. The van der Waals surface area contributed by atoms with Crippen LogP contribution in [0.15, 0.2) is 28.9 Å². The monoisotopic (exact) mass is 286 g/mol.